The number of rotatable bonds is 5. The molecule has 0 radical (unpaired) electrons. The number of benzene rings is 8. The van der Waals surface area contributed by atoms with Gasteiger partial charge in [-0.25, -0.2) is 0 Å². The van der Waals surface area contributed by atoms with E-state index in [1.165, 1.54) is 113 Å². The van der Waals surface area contributed by atoms with E-state index in [1.54, 1.807) is 0 Å². The smallest absolute Gasteiger partial charge is 0.252 e. The van der Waals surface area contributed by atoms with Crippen LogP contribution in [0.15, 0.2) is 144 Å². The molecule has 9 aromatic rings. The van der Waals surface area contributed by atoms with E-state index < -0.39 is 0 Å². The molecule has 3 heterocycles. The highest BCUT2D eigenvalue weighted by molar-refractivity contribution is 7.00. The number of aryl methyl sites for hydroxylation is 2. The molecule has 5 aliphatic rings. The van der Waals surface area contributed by atoms with Crippen molar-refractivity contribution in [3.05, 3.63) is 190 Å². The SMILES string of the molecule is Cc1ccccc1N(c1cc2c3c(c1)N(c1ccc4oc5cc(C(C)(C)C)ccc5c4c1)c1cc4c(cc1B3c1cc3c(cc1N2c1ccc2c(c1)C(C)(C)CCC2(C)C)C(C)(C)CCC3(C)C)C(C)(C)CCC4(C)C)c1ccccc1C. The van der Waals surface area contributed by atoms with Crippen molar-refractivity contribution in [2.45, 2.75) is 194 Å². The molecule has 1 aromatic heterocycles. The second kappa shape index (κ2) is 17.8. The van der Waals surface area contributed by atoms with Gasteiger partial charge in [0.15, 0.2) is 0 Å². The van der Waals surface area contributed by atoms with Crippen molar-refractivity contribution >= 4 is 96.2 Å². The highest BCUT2D eigenvalue weighted by Crippen LogP contribution is 2.56. The van der Waals surface area contributed by atoms with Gasteiger partial charge >= 0.3 is 0 Å². The highest BCUT2D eigenvalue weighted by atomic mass is 16.3. The standard InChI is InChI=1S/C78H86BN3O/c1-47-22-18-20-24-63(47)82(64-25-21-19-23-48(64)2)52-41-67-71-68(42-52)81(51-27-30-55-56(40-51)74(8,9)33-32-73(55,6)7)66-46-60-58(76(12,13)35-37-78(60,16)17)44-62(66)79(71)61-43-57-59(77(14,15)36-34-75(57,10)11)45-65(61)80(67)50-28-31-69-54(39-50)53-29-26-49(72(3,4)5)38-70(53)83-69/h18-31,38-46H,32-37H2,1-17H3. The second-order valence-electron chi connectivity index (χ2n) is 31.1. The summed E-state index contributed by atoms with van der Waals surface area (Å²) in [6.45, 7) is 41.3. The van der Waals surface area contributed by atoms with Crippen LogP contribution in [-0.4, -0.2) is 6.71 Å². The van der Waals surface area contributed by atoms with Crippen molar-refractivity contribution in [1.29, 1.82) is 0 Å². The van der Waals surface area contributed by atoms with Gasteiger partial charge in [0.2, 0.25) is 0 Å². The maximum atomic E-state index is 6.84. The summed E-state index contributed by atoms with van der Waals surface area (Å²) in [4.78, 5) is 7.99. The molecule has 4 nitrogen and oxygen atoms in total. The zero-order valence-corrected chi connectivity index (χ0v) is 52.8. The fourth-order valence-electron chi connectivity index (χ4n) is 15.9. The van der Waals surface area contributed by atoms with E-state index >= 15 is 0 Å². The number of hydrogen-bond donors (Lipinski definition) is 0. The molecular weight excluding hydrogens is 1010 g/mol. The molecule has 0 atom stereocenters. The Morgan fingerprint density at radius 2 is 0.843 bits per heavy atom. The third-order valence-corrected chi connectivity index (χ3v) is 21.6. The van der Waals surface area contributed by atoms with Gasteiger partial charge < -0.3 is 19.1 Å². The Labute approximate surface area is 496 Å². The Balaban J connectivity index is 1.16. The highest BCUT2D eigenvalue weighted by Gasteiger charge is 2.50. The van der Waals surface area contributed by atoms with Gasteiger partial charge in [0.05, 0.1) is 5.69 Å². The molecule has 0 fully saturated rings. The minimum Gasteiger partial charge on any atom is -0.456 e. The van der Waals surface area contributed by atoms with Gasteiger partial charge in [0.25, 0.3) is 6.71 Å². The summed E-state index contributed by atoms with van der Waals surface area (Å²) < 4.78 is 6.84. The van der Waals surface area contributed by atoms with E-state index in [9.17, 15) is 0 Å². The van der Waals surface area contributed by atoms with Crippen molar-refractivity contribution < 1.29 is 4.42 Å². The molecular formula is C78H86BN3O. The molecule has 14 rings (SSSR count). The molecule has 83 heavy (non-hydrogen) atoms. The quantitative estimate of drug-likeness (QED) is 0.160. The first kappa shape index (κ1) is 54.0. The molecule has 8 aromatic carbocycles. The van der Waals surface area contributed by atoms with Crippen LogP contribution >= 0.6 is 0 Å². The largest absolute Gasteiger partial charge is 0.456 e. The summed E-state index contributed by atoms with van der Waals surface area (Å²) in [5, 5.41) is 2.28. The van der Waals surface area contributed by atoms with Crippen LogP contribution in [0.4, 0.5) is 51.2 Å². The summed E-state index contributed by atoms with van der Waals surface area (Å²) in [6.07, 6.45) is 6.90. The lowest BCUT2D eigenvalue weighted by Gasteiger charge is -2.49. The topological polar surface area (TPSA) is 22.9 Å². The Bertz CT molecular complexity index is 4160. The first-order valence-corrected chi connectivity index (χ1v) is 31.2. The summed E-state index contributed by atoms with van der Waals surface area (Å²) in [7, 11) is 0. The van der Waals surface area contributed by atoms with Crippen LogP contribution in [0, 0.1) is 13.8 Å². The van der Waals surface area contributed by atoms with Crippen LogP contribution in [0.25, 0.3) is 21.9 Å². The summed E-state index contributed by atoms with van der Waals surface area (Å²) in [5.41, 5.74) is 29.5. The second-order valence-corrected chi connectivity index (χ2v) is 31.1. The number of hydrogen-bond acceptors (Lipinski definition) is 4. The zero-order valence-electron chi connectivity index (χ0n) is 52.8. The normalized spacial score (nSPS) is 19.1. The number of para-hydroxylation sites is 2. The number of anilines is 9. The Morgan fingerprint density at radius 3 is 1.33 bits per heavy atom. The molecule has 5 heteroatoms. The lowest BCUT2D eigenvalue weighted by Crippen LogP contribution is -2.62. The van der Waals surface area contributed by atoms with Crippen molar-refractivity contribution in [2.75, 3.05) is 14.7 Å². The minimum absolute atomic E-state index is 0.00250. The predicted molar refractivity (Wildman–Crippen MR) is 356 cm³/mol. The summed E-state index contributed by atoms with van der Waals surface area (Å²) in [6, 6.07) is 55.4. The average molecular weight is 1090 g/mol. The maximum absolute atomic E-state index is 6.84. The van der Waals surface area contributed by atoms with Crippen molar-refractivity contribution in [1.82, 2.24) is 0 Å². The first-order valence-electron chi connectivity index (χ1n) is 31.2. The van der Waals surface area contributed by atoms with Gasteiger partial charge in [0.1, 0.15) is 11.2 Å². The molecule has 3 aliphatic carbocycles. The Morgan fingerprint density at radius 1 is 0.410 bits per heavy atom. The lowest BCUT2D eigenvalue weighted by molar-refractivity contribution is 0.332. The molecule has 2 aliphatic heterocycles. The monoisotopic (exact) mass is 1090 g/mol. The van der Waals surface area contributed by atoms with Gasteiger partial charge in [-0.2, -0.15) is 0 Å². The van der Waals surface area contributed by atoms with Gasteiger partial charge in [-0.3, -0.25) is 0 Å². The molecule has 0 saturated carbocycles. The van der Waals surface area contributed by atoms with Crippen LogP contribution in [0.3, 0.4) is 0 Å². The third-order valence-electron chi connectivity index (χ3n) is 21.6. The Kier molecular flexibility index (Phi) is 11.6. The van der Waals surface area contributed by atoms with Crippen LogP contribution in [0.2, 0.25) is 0 Å². The fourth-order valence-corrected chi connectivity index (χ4v) is 15.9. The van der Waals surface area contributed by atoms with Gasteiger partial charge in [0, 0.05) is 56.3 Å². The fraction of sp³-hybridized carbons (Fsp3) is 0.385. The first-order chi connectivity index (χ1) is 39.0. The lowest BCUT2D eigenvalue weighted by atomic mass is 9.32. The van der Waals surface area contributed by atoms with Crippen molar-refractivity contribution in [3.8, 4) is 0 Å². The molecule has 0 saturated heterocycles. The van der Waals surface area contributed by atoms with Crippen LogP contribution in [0.5, 0.6) is 0 Å². The van der Waals surface area contributed by atoms with E-state index in [-0.39, 0.29) is 44.6 Å². The van der Waals surface area contributed by atoms with Gasteiger partial charge in [-0.15, -0.1) is 0 Å². The van der Waals surface area contributed by atoms with Crippen molar-refractivity contribution in [3.63, 3.8) is 0 Å². The maximum Gasteiger partial charge on any atom is 0.252 e. The third kappa shape index (κ3) is 8.19. The van der Waals surface area contributed by atoms with Crippen LogP contribution in [-0.2, 0) is 37.9 Å². The van der Waals surface area contributed by atoms with Crippen LogP contribution in [0.1, 0.15) is 192 Å². The predicted octanol–water partition coefficient (Wildman–Crippen LogP) is 20.1. The number of fused-ring (bicyclic) bond motifs is 10. The van der Waals surface area contributed by atoms with Gasteiger partial charge in [-0.05, 0) is 230 Å². The van der Waals surface area contributed by atoms with Crippen molar-refractivity contribution in [2.24, 2.45) is 0 Å². The molecule has 0 spiro atoms. The van der Waals surface area contributed by atoms with E-state index in [1.807, 2.05) is 0 Å². The molecule has 0 bridgehead atoms. The molecule has 0 amide bonds. The molecule has 422 valence electrons. The number of furan rings is 1. The van der Waals surface area contributed by atoms with E-state index in [2.05, 4.69) is 272 Å². The van der Waals surface area contributed by atoms with E-state index in [0.29, 0.717) is 0 Å². The average Bonchev–Trinajstić information content (AvgIpc) is 1.32. The molecule has 0 N–H and O–H groups in total. The minimum atomic E-state index is -0.0588. The summed E-state index contributed by atoms with van der Waals surface area (Å²) >= 11 is 0. The zero-order chi connectivity index (χ0) is 58.5. The Hall–Kier alpha value is -6.98. The molecule has 0 unspecified atom stereocenters. The summed E-state index contributed by atoms with van der Waals surface area (Å²) in [5.74, 6) is 0. The van der Waals surface area contributed by atoms with E-state index in [0.717, 1.165) is 65.4 Å². The number of nitrogens with zero attached hydrogens (tertiary/aromatic N) is 3. The van der Waals surface area contributed by atoms with Gasteiger partial charge in [-0.1, -0.05) is 171 Å². The van der Waals surface area contributed by atoms with E-state index in [4.69, 9.17) is 4.42 Å². The van der Waals surface area contributed by atoms with Crippen LogP contribution < -0.4 is 31.1 Å².